The van der Waals surface area contributed by atoms with Crippen molar-refractivity contribution >= 4 is 23.3 Å². The molecule has 0 saturated heterocycles. The number of ether oxygens (including phenoxy) is 1. The lowest BCUT2D eigenvalue weighted by Crippen LogP contribution is -2.42. The van der Waals surface area contributed by atoms with Gasteiger partial charge < -0.3 is 15.0 Å². The van der Waals surface area contributed by atoms with Crippen molar-refractivity contribution in [1.82, 2.24) is 10.3 Å². The maximum Gasteiger partial charge on any atom is 0.573 e. The predicted molar refractivity (Wildman–Crippen MR) is 99.2 cm³/mol. The minimum atomic E-state index is -4.84. The van der Waals surface area contributed by atoms with Crippen molar-refractivity contribution in [2.75, 3.05) is 4.90 Å². The SMILES string of the molecule is O=C(NCc1cccc(OC(F)(F)F)c1)C1CC=CN1c1ncc(C(F)(F)F)cc1Cl. The number of hydrogen-bond donors (Lipinski definition) is 1. The van der Waals surface area contributed by atoms with Crippen molar-refractivity contribution in [1.29, 1.82) is 0 Å². The molecule has 5 nitrogen and oxygen atoms in total. The summed E-state index contributed by atoms with van der Waals surface area (Å²) in [5.41, 5.74) is -0.662. The molecule has 3 rings (SSSR count). The lowest BCUT2D eigenvalue weighted by atomic mass is 10.1. The van der Waals surface area contributed by atoms with E-state index in [9.17, 15) is 31.1 Å². The Labute approximate surface area is 177 Å². The van der Waals surface area contributed by atoms with Gasteiger partial charge in [0.2, 0.25) is 5.91 Å². The third-order valence-electron chi connectivity index (χ3n) is 4.26. The molecule has 1 unspecified atom stereocenters. The van der Waals surface area contributed by atoms with Gasteiger partial charge in [0.1, 0.15) is 11.8 Å². The second kappa shape index (κ2) is 8.66. The monoisotopic (exact) mass is 465 g/mol. The van der Waals surface area contributed by atoms with E-state index in [1.807, 2.05) is 0 Å². The zero-order valence-corrected chi connectivity index (χ0v) is 16.2. The predicted octanol–water partition coefficient (Wildman–Crippen LogP) is 5.06. The summed E-state index contributed by atoms with van der Waals surface area (Å²) in [4.78, 5) is 17.7. The smallest absolute Gasteiger partial charge is 0.406 e. The number of alkyl halides is 6. The van der Waals surface area contributed by atoms with E-state index in [2.05, 4.69) is 15.0 Å². The molecule has 1 aliphatic rings. The number of nitrogens with one attached hydrogen (secondary N) is 1. The van der Waals surface area contributed by atoms with Crippen LogP contribution in [0.15, 0.2) is 48.8 Å². The maximum atomic E-state index is 12.8. The number of pyridine rings is 1. The van der Waals surface area contributed by atoms with Gasteiger partial charge in [-0.15, -0.1) is 13.2 Å². The number of amides is 1. The van der Waals surface area contributed by atoms with Crippen LogP contribution >= 0.6 is 11.6 Å². The summed E-state index contributed by atoms with van der Waals surface area (Å²) in [6.07, 6.45) is -5.50. The maximum absolute atomic E-state index is 12.8. The van der Waals surface area contributed by atoms with Crippen molar-refractivity contribution < 1.29 is 35.9 Å². The van der Waals surface area contributed by atoms with Crippen molar-refractivity contribution in [3.8, 4) is 5.75 Å². The molecule has 1 amide bonds. The molecule has 1 aromatic heterocycles. The van der Waals surface area contributed by atoms with Crippen molar-refractivity contribution in [3.63, 3.8) is 0 Å². The molecule has 1 N–H and O–H groups in total. The van der Waals surface area contributed by atoms with Crippen molar-refractivity contribution in [3.05, 3.63) is 65.0 Å². The highest BCUT2D eigenvalue weighted by Gasteiger charge is 2.34. The lowest BCUT2D eigenvalue weighted by molar-refractivity contribution is -0.274. The van der Waals surface area contributed by atoms with Crippen LogP contribution in [-0.4, -0.2) is 23.3 Å². The number of aromatic nitrogens is 1. The van der Waals surface area contributed by atoms with Crippen LogP contribution in [-0.2, 0) is 17.5 Å². The quantitative estimate of drug-likeness (QED) is 0.627. The molecule has 2 aromatic rings. The topological polar surface area (TPSA) is 54.5 Å². The van der Waals surface area contributed by atoms with Crippen LogP contribution in [0.25, 0.3) is 0 Å². The molecule has 2 heterocycles. The number of nitrogens with zero attached hydrogens (tertiary/aromatic N) is 2. The summed E-state index contributed by atoms with van der Waals surface area (Å²) >= 11 is 5.95. The Bertz CT molecular complexity index is 993. The molecule has 0 spiro atoms. The first kappa shape index (κ1) is 22.7. The van der Waals surface area contributed by atoms with Crippen LogP contribution in [0.4, 0.5) is 32.2 Å². The summed E-state index contributed by atoms with van der Waals surface area (Å²) in [5.74, 6) is -0.960. The minimum Gasteiger partial charge on any atom is -0.406 e. The van der Waals surface area contributed by atoms with E-state index in [-0.39, 0.29) is 23.8 Å². The first-order valence-corrected chi connectivity index (χ1v) is 9.12. The first-order valence-electron chi connectivity index (χ1n) is 8.74. The van der Waals surface area contributed by atoms with Crippen LogP contribution in [0.5, 0.6) is 5.75 Å². The van der Waals surface area contributed by atoms with E-state index in [1.54, 1.807) is 6.08 Å². The molecule has 1 aliphatic heterocycles. The third kappa shape index (κ3) is 5.81. The number of carbonyl (C=O) groups excluding carboxylic acids is 1. The highest BCUT2D eigenvalue weighted by atomic mass is 35.5. The number of carbonyl (C=O) groups is 1. The van der Waals surface area contributed by atoms with Crippen LogP contribution in [0, 0.1) is 0 Å². The molecule has 12 heteroatoms. The standard InChI is InChI=1S/C19H14ClF6N3O2/c20-14-8-12(18(21,22)23)10-27-16(14)29-6-2-5-15(29)17(30)28-9-11-3-1-4-13(7-11)31-19(24,25)26/h1-4,6-8,10,15H,5,9H2,(H,28,30). The first-order chi connectivity index (χ1) is 14.4. The van der Waals surface area contributed by atoms with Crippen LogP contribution in [0.2, 0.25) is 5.02 Å². The Morgan fingerprint density at radius 2 is 1.97 bits per heavy atom. The molecular weight excluding hydrogens is 452 g/mol. The summed E-state index contributed by atoms with van der Waals surface area (Å²) in [6, 6.07) is 4.99. The Morgan fingerprint density at radius 3 is 2.61 bits per heavy atom. The second-order valence-corrected chi connectivity index (χ2v) is 6.89. The highest BCUT2D eigenvalue weighted by Crippen LogP contribution is 2.35. The molecule has 0 radical (unpaired) electrons. The Hall–Kier alpha value is -2.95. The van der Waals surface area contributed by atoms with E-state index in [0.29, 0.717) is 11.8 Å². The number of rotatable bonds is 5. The zero-order valence-electron chi connectivity index (χ0n) is 15.5. The van der Waals surface area contributed by atoms with Crippen LogP contribution < -0.4 is 15.0 Å². The molecule has 0 saturated carbocycles. The fraction of sp³-hybridized carbons (Fsp3) is 0.263. The average molecular weight is 466 g/mol. The van der Waals surface area contributed by atoms with E-state index < -0.39 is 35.8 Å². The highest BCUT2D eigenvalue weighted by molar-refractivity contribution is 6.33. The van der Waals surface area contributed by atoms with Gasteiger partial charge in [0.15, 0.2) is 5.82 Å². The normalized spacial score (nSPS) is 16.5. The molecule has 1 atom stereocenters. The van der Waals surface area contributed by atoms with Crippen molar-refractivity contribution in [2.45, 2.75) is 31.5 Å². The van der Waals surface area contributed by atoms with Gasteiger partial charge in [-0.1, -0.05) is 29.8 Å². The Balaban J connectivity index is 1.68. The van der Waals surface area contributed by atoms with Gasteiger partial charge >= 0.3 is 12.5 Å². The van der Waals surface area contributed by atoms with Crippen LogP contribution in [0.1, 0.15) is 17.5 Å². The van der Waals surface area contributed by atoms with E-state index in [0.717, 1.165) is 18.2 Å². The summed E-state index contributed by atoms with van der Waals surface area (Å²) in [7, 11) is 0. The molecule has 1 aromatic carbocycles. The number of anilines is 1. The largest absolute Gasteiger partial charge is 0.573 e. The Kier molecular flexibility index (Phi) is 6.35. The number of halogens is 7. The Morgan fingerprint density at radius 1 is 1.23 bits per heavy atom. The van der Waals surface area contributed by atoms with Gasteiger partial charge in [-0.25, -0.2) is 4.98 Å². The van der Waals surface area contributed by atoms with Gasteiger partial charge in [-0.3, -0.25) is 4.79 Å². The summed E-state index contributed by atoms with van der Waals surface area (Å²) in [5, 5.41) is 2.30. The van der Waals surface area contributed by atoms with Gasteiger partial charge in [0, 0.05) is 18.9 Å². The fourth-order valence-electron chi connectivity index (χ4n) is 2.91. The minimum absolute atomic E-state index is 0.0239. The molecule has 166 valence electrons. The lowest BCUT2D eigenvalue weighted by Gasteiger charge is -2.25. The van der Waals surface area contributed by atoms with E-state index in [4.69, 9.17) is 11.6 Å². The fourth-order valence-corrected chi connectivity index (χ4v) is 3.17. The van der Waals surface area contributed by atoms with Gasteiger partial charge in [-0.2, -0.15) is 13.2 Å². The van der Waals surface area contributed by atoms with Crippen LogP contribution in [0.3, 0.4) is 0 Å². The summed E-state index contributed by atoms with van der Waals surface area (Å²) in [6.45, 7) is -0.0909. The molecule has 0 fully saturated rings. The number of hydrogen-bond acceptors (Lipinski definition) is 4. The van der Waals surface area contributed by atoms with E-state index >= 15 is 0 Å². The second-order valence-electron chi connectivity index (χ2n) is 6.48. The molecular formula is C19H14ClF6N3O2. The average Bonchev–Trinajstić information content (AvgIpc) is 3.14. The molecule has 0 aliphatic carbocycles. The number of benzene rings is 1. The summed E-state index contributed by atoms with van der Waals surface area (Å²) < 4.78 is 79.2. The van der Waals surface area contributed by atoms with Gasteiger partial charge in [0.05, 0.1) is 10.6 Å². The van der Waals surface area contributed by atoms with E-state index in [1.165, 1.54) is 23.2 Å². The molecule has 0 bridgehead atoms. The zero-order chi connectivity index (χ0) is 22.8. The van der Waals surface area contributed by atoms with Gasteiger partial charge in [0.25, 0.3) is 0 Å². The van der Waals surface area contributed by atoms with Crippen molar-refractivity contribution in [2.24, 2.45) is 0 Å². The molecule has 31 heavy (non-hydrogen) atoms. The van der Waals surface area contributed by atoms with Gasteiger partial charge in [-0.05, 0) is 30.2 Å². The third-order valence-corrected chi connectivity index (χ3v) is 4.53.